The van der Waals surface area contributed by atoms with Gasteiger partial charge in [0.25, 0.3) is 5.91 Å². The third-order valence-corrected chi connectivity index (χ3v) is 6.52. The molecule has 0 atom stereocenters. The third-order valence-electron chi connectivity index (χ3n) is 4.84. The first-order chi connectivity index (χ1) is 14.6. The number of thiazole rings is 1. The molecule has 4 heterocycles. The molecular formula is C20H18N4O4S2. The first-order valence-corrected chi connectivity index (χ1v) is 11.1. The molecule has 2 amide bonds. The van der Waals surface area contributed by atoms with Crippen molar-refractivity contribution in [2.45, 2.75) is 13.0 Å². The maximum Gasteiger partial charge on any atom is 0.258 e. The Hall–Kier alpha value is -2.95. The zero-order chi connectivity index (χ0) is 20.5. The molecule has 0 saturated heterocycles. The number of rotatable bonds is 5. The molecule has 0 unspecified atom stereocenters. The minimum Gasteiger partial charge on any atom is -0.454 e. The summed E-state index contributed by atoms with van der Waals surface area (Å²) < 4.78 is 10.6. The van der Waals surface area contributed by atoms with Crippen molar-refractivity contribution in [1.29, 1.82) is 0 Å². The van der Waals surface area contributed by atoms with Crippen molar-refractivity contribution in [1.82, 2.24) is 9.88 Å². The van der Waals surface area contributed by atoms with E-state index in [9.17, 15) is 9.59 Å². The number of benzene rings is 1. The summed E-state index contributed by atoms with van der Waals surface area (Å²) >= 11 is 2.95. The van der Waals surface area contributed by atoms with Gasteiger partial charge in [0.2, 0.25) is 12.7 Å². The number of fused-ring (bicyclic) bond motifs is 2. The lowest BCUT2D eigenvalue weighted by Crippen LogP contribution is -2.36. The van der Waals surface area contributed by atoms with E-state index in [2.05, 4.69) is 20.5 Å². The number of amides is 2. The third kappa shape index (κ3) is 4.02. The molecule has 0 aliphatic carbocycles. The second-order valence-electron chi connectivity index (χ2n) is 6.93. The predicted molar refractivity (Wildman–Crippen MR) is 115 cm³/mol. The predicted octanol–water partition coefficient (Wildman–Crippen LogP) is 3.18. The summed E-state index contributed by atoms with van der Waals surface area (Å²) in [6.07, 6.45) is 0.747. The van der Waals surface area contributed by atoms with E-state index in [4.69, 9.17) is 9.47 Å². The summed E-state index contributed by atoms with van der Waals surface area (Å²) in [4.78, 5) is 32.4. The molecular weight excluding hydrogens is 424 g/mol. The van der Waals surface area contributed by atoms with Crippen LogP contribution in [-0.4, -0.2) is 41.6 Å². The Bertz CT molecular complexity index is 1100. The smallest absolute Gasteiger partial charge is 0.258 e. The molecule has 154 valence electrons. The molecule has 0 spiro atoms. The van der Waals surface area contributed by atoms with Crippen LogP contribution in [0, 0.1) is 0 Å². The normalized spacial score (nSPS) is 14.9. The van der Waals surface area contributed by atoms with Crippen LogP contribution in [0.3, 0.4) is 0 Å². The van der Waals surface area contributed by atoms with Gasteiger partial charge in [-0.3, -0.25) is 19.8 Å². The van der Waals surface area contributed by atoms with Crippen LogP contribution in [0.1, 0.15) is 20.9 Å². The fourth-order valence-corrected chi connectivity index (χ4v) is 5.06. The average Bonchev–Trinajstić information content (AvgIpc) is 3.47. The van der Waals surface area contributed by atoms with Gasteiger partial charge in [-0.05, 0) is 23.6 Å². The summed E-state index contributed by atoms with van der Waals surface area (Å²) in [5.74, 6) is 1.08. The lowest BCUT2D eigenvalue weighted by molar-refractivity contribution is -0.117. The SMILES string of the molecule is O=C(CN1CCc2nc(NC(=O)c3ccsc3)sc2C1)Nc1ccc2c(c1)OCO2. The molecule has 2 aliphatic heterocycles. The van der Waals surface area contributed by atoms with Crippen molar-refractivity contribution in [2.24, 2.45) is 0 Å². The van der Waals surface area contributed by atoms with Crippen molar-refractivity contribution >= 4 is 45.3 Å². The number of carbonyl (C=O) groups excluding carboxylic acids is 2. The van der Waals surface area contributed by atoms with Crippen LogP contribution in [0.25, 0.3) is 0 Å². The molecule has 10 heteroatoms. The Balaban J connectivity index is 1.18. The highest BCUT2D eigenvalue weighted by molar-refractivity contribution is 7.16. The van der Waals surface area contributed by atoms with E-state index in [1.54, 1.807) is 24.3 Å². The van der Waals surface area contributed by atoms with Crippen LogP contribution in [-0.2, 0) is 17.8 Å². The second kappa shape index (κ2) is 8.05. The number of nitrogens with zero attached hydrogens (tertiary/aromatic N) is 2. The highest BCUT2D eigenvalue weighted by Gasteiger charge is 2.23. The Labute approximate surface area is 180 Å². The topological polar surface area (TPSA) is 92.8 Å². The van der Waals surface area contributed by atoms with Crippen LogP contribution in [0.5, 0.6) is 11.5 Å². The van der Waals surface area contributed by atoms with Crippen LogP contribution in [0.15, 0.2) is 35.0 Å². The molecule has 8 nitrogen and oxygen atoms in total. The van der Waals surface area contributed by atoms with Crippen molar-refractivity contribution in [3.05, 3.63) is 51.2 Å². The summed E-state index contributed by atoms with van der Waals surface area (Å²) in [6, 6.07) is 7.13. The number of hydrogen-bond donors (Lipinski definition) is 2. The molecule has 0 saturated carbocycles. The molecule has 1 aromatic carbocycles. The standard InChI is InChI=1S/C20H18N4O4S2/c25-18(21-13-1-2-15-16(7-13)28-11-27-15)9-24-5-3-14-17(8-24)30-20(22-14)23-19(26)12-4-6-29-10-12/h1-2,4,6-7,10H,3,5,8-9,11H2,(H,21,25)(H,22,23,26). The van der Waals surface area contributed by atoms with Crippen molar-refractivity contribution in [2.75, 3.05) is 30.5 Å². The lowest BCUT2D eigenvalue weighted by atomic mass is 10.2. The average molecular weight is 443 g/mol. The van der Waals surface area contributed by atoms with Gasteiger partial charge in [0.1, 0.15) is 0 Å². The number of nitrogens with one attached hydrogen (secondary N) is 2. The highest BCUT2D eigenvalue weighted by atomic mass is 32.1. The van der Waals surface area contributed by atoms with Crippen LogP contribution >= 0.6 is 22.7 Å². The molecule has 3 aromatic rings. The van der Waals surface area contributed by atoms with Crippen LogP contribution in [0.4, 0.5) is 10.8 Å². The molecule has 2 N–H and O–H groups in total. The largest absolute Gasteiger partial charge is 0.454 e. The van der Waals surface area contributed by atoms with Crippen molar-refractivity contribution in [3.8, 4) is 11.5 Å². The molecule has 0 radical (unpaired) electrons. The molecule has 0 bridgehead atoms. The van der Waals surface area contributed by atoms with E-state index in [1.807, 2.05) is 10.8 Å². The quantitative estimate of drug-likeness (QED) is 0.631. The first kappa shape index (κ1) is 19.0. The Kier molecular flexibility index (Phi) is 5.11. The highest BCUT2D eigenvalue weighted by Crippen LogP contribution is 2.34. The van der Waals surface area contributed by atoms with Gasteiger partial charge in [0, 0.05) is 41.5 Å². The minimum atomic E-state index is -0.151. The summed E-state index contributed by atoms with van der Waals surface area (Å²) in [6.45, 7) is 1.86. The minimum absolute atomic E-state index is 0.0900. The summed E-state index contributed by atoms with van der Waals surface area (Å²) in [5, 5.41) is 10.0. The molecule has 5 rings (SSSR count). The molecule has 2 aromatic heterocycles. The molecule has 2 aliphatic rings. The van der Waals surface area contributed by atoms with Crippen LogP contribution < -0.4 is 20.1 Å². The molecule has 30 heavy (non-hydrogen) atoms. The maximum absolute atomic E-state index is 12.5. The summed E-state index contributed by atoms with van der Waals surface area (Å²) in [5.41, 5.74) is 2.31. The van der Waals surface area contributed by atoms with Gasteiger partial charge >= 0.3 is 0 Å². The number of hydrogen-bond acceptors (Lipinski definition) is 8. The number of carbonyl (C=O) groups is 2. The van der Waals surface area contributed by atoms with Gasteiger partial charge in [-0.1, -0.05) is 0 Å². The Morgan fingerprint density at radius 2 is 2.07 bits per heavy atom. The van der Waals surface area contributed by atoms with Crippen molar-refractivity contribution < 1.29 is 19.1 Å². The fraction of sp³-hybridized carbons (Fsp3) is 0.250. The first-order valence-electron chi connectivity index (χ1n) is 9.38. The van der Waals surface area contributed by atoms with E-state index in [0.29, 0.717) is 34.4 Å². The van der Waals surface area contributed by atoms with E-state index >= 15 is 0 Å². The van der Waals surface area contributed by atoms with E-state index < -0.39 is 0 Å². The van der Waals surface area contributed by atoms with Crippen LogP contribution in [0.2, 0.25) is 0 Å². The van der Waals surface area contributed by atoms with E-state index in [0.717, 1.165) is 23.5 Å². The van der Waals surface area contributed by atoms with E-state index in [1.165, 1.54) is 22.7 Å². The number of ether oxygens (including phenoxy) is 2. The fourth-order valence-electron chi connectivity index (χ4n) is 3.38. The zero-order valence-corrected chi connectivity index (χ0v) is 17.5. The zero-order valence-electron chi connectivity index (χ0n) is 15.8. The number of aromatic nitrogens is 1. The van der Waals surface area contributed by atoms with Gasteiger partial charge in [-0.25, -0.2) is 4.98 Å². The van der Waals surface area contributed by atoms with Gasteiger partial charge < -0.3 is 14.8 Å². The summed E-state index contributed by atoms with van der Waals surface area (Å²) in [7, 11) is 0. The second-order valence-corrected chi connectivity index (χ2v) is 8.80. The van der Waals surface area contributed by atoms with Gasteiger partial charge in [-0.2, -0.15) is 11.3 Å². The Morgan fingerprint density at radius 3 is 2.93 bits per heavy atom. The molecule has 0 fully saturated rings. The van der Waals surface area contributed by atoms with Gasteiger partial charge in [0.15, 0.2) is 16.6 Å². The van der Waals surface area contributed by atoms with Gasteiger partial charge in [0.05, 0.1) is 17.8 Å². The van der Waals surface area contributed by atoms with Gasteiger partial charge in [-0.15, -0.1) is 11.3 Å². The van der Waals surface area contributed by atoms with Crippen molar-refractivity contribution in [3.63, 3.8) is 0 Å². The van der Waals surface area contributed by atoms with E-state index in [-0.39, 0.29) is 25.2 Å². The number of thiophene rings is 1. The maximum atomic E-state index is 12.5. The number of anilines is 2. The lowest BCUT2D eigenvalue weighted by Gasteiger charge is -2.25. The Morgan fingerprint density at radius 1 is 1.17 bits per heavy atom. The monoisotopic (exact) mass is 442 g/mol.